The molecule has 25 heavy (non-hydrogen) atoms. The molecule has 0 bridgehead atoms. The van der Waals surface area contributed by atoms with Crippen LogP contribution in [0.3, 0.4) is 0 Å². The summed E-state index contributed by atoms with van der Waals surface area (Å²) >= 11 is 0. The minimum atomic E-state index is 0.0326. The van der Waals surface area contributed by atoms with Gasteiger partial charge in [0.2, 0.25) is 0 Å². The summed E-state index contributed by atoms with van der Waals surface area (Å²) in [5.74, 6) is 0.769. The number of ether oxygens (including phenoxy) is 1. The summed E-state index contributed by atoms with van der Waals surface area (Å²) < 4.78 is 7.62. The third kappa shape index (κ3) is 4.57. The van der Waals surface area contributed by atoms with Crippen LogP contribution in [-0.2, 0) is 5.41 Å². The smallest absolute Gasteiger partial charge is 0.139 e. The highest BCUT2D eigenvalue weighted by Gasteiger charge is 2.24. The number of unbranched alkanes of at least 4 members (excludes halogenated alkanes) is 2. The van der Waals surface area contributed by atoms with Crippen LogP contribution in [0, 0.1) is 0 Å². The van der Waals surface area contributed by atoms with Gasteiger partial charge < -0.3 is 10.1 Å². The quantitative estimate of drug-likeness (QED) is 0.708. The van der Waals surface area contributed by atoms with E-state index in [1.807, 2.05) is 12.3 Å². The Bertz CT molecular complexity index is 678. The van der Waals surface area contributed by atoms with Crippen molar-refractivity contribution >= 4 is 0 Å². The van der Waals surface area contributed by atoms with E-state index in [0.717, 1.165) is 30.1 Å². The van der Waals surface area contributed by atoms with Crippen molar-refractivity contribution in [2.24, 2.45) is 0 Å². The van der Waals surface area contributed by atoms with Crippen LogP contribution in [0.2, 0.25) is 0 Å². The molecule has 0 radical (unpaired) electrons. The average Bonchev–Trinajstić information content (AvgIpc) is 3.05. The highest BCUT2D eigenvalue weighted by molar-refractivity contribution is 5.35. The van der Waals surface area contributed by atoms with E-state index in [2.05, 4.69) is 41.4 Å². The van der Waals surface area contributed by atoms with E-state index >= 15 is 0 Å². The zero-order chi connectivity index (χ0) is 17.7. The third-order valence-corrected chi connectivity index (χ3v) is 4.93. The molecule has 136 valence electrons. The fourth-order valence-electron chi connectivity index (χ4n) is 2.94. The van der Waals surface area contributed by atoms with Crippen molar-refractivity contribution in [1.82, 2.24) is 25.3 Å². The standard InChI is InChI=1S/C19H29N5O/c1-4-5-6-8-19(2,3)18-13-24(23-22-18)16-10-17(12-20-11-16)25-14-15-7-9-21-15/h10-13,15,21H,4-9,14H2,1-3H3/t15-/m0/s1. The lowest BCUT2D eigenvalue weighted by atomic mass is 9.84. The minimum Gasteiger partial charge on any atom is -0.490 e. The van der Waals surface area contributed by atoms with Gasteiger partial charge in [0.25, 0.3) is 0 Å². The first-order valence-corrected chi connectivity index (χ1v) is 9.33. The predicted octanol–water partition coefficient (Wildman–Crippen LogP) is 3.26. The Morgan fingerprint density at radius 2 is 2.16 bits per heavy atom. The van der Waals surface area contributed by atoms with Crippen molar-refractivity contribution in [1.29, 1.82) is 0 Å². The molecular formula is C19H29N5O. The van der Waals surface area contributed by atoms with Crippen molar-refractivity contribution < 1.29 is 4.74 Å². The Kier molecular flexibility index (Phi) is 5.68. The number of hydrogen-bond acceptors (Lipinski definition) is 5. The normalized spacial score (nSPS) is 17.3. The molecule has 0 amide bonds. The van der Waals surface area contributed by atoms with Gasteiger partial charge in [0.15, 0.2) is 0 Å². The van der Waals surface area contributed by atoms with E-state index in [-0.39, 0.29) is 5.41 Å². The number of rotatable bonds is 9. The molecular weight excluding hydrogens is 314 g/mol. The summed E-state index contributed by atoms with van der Waals surface area (Å²) in [6, 6.07) is 2.43. The lowest BCUT2D eigenvalue weighted by molar-refractivity contribution is 0.217. The summed E-state index contributed by atoms with van der Waals surface area (Å²) in [7, 11) is 0. The van der Waals surface area contributed by atoms with Crippen LogP contribution in [0.5, 0.6) is 5.75 Å². The molecule has 0 saturated carbocycles. The van der Waals surface area contributed by atoms with Crippen LogP contribution >= 0.6 is 0 Å². The summed E-state index contributed by atoms with van der Waals surface area (Å²) in [6.07, 6.45) is 11.6. The molecule has 3 heterocycles. The Morgan fingerprint density at radius 3 is 2.88 bits per heavy atom. The van der Waals surface area contributed by atoms with E-state index in [1.165, 1.54) is 25.7 Å². The lowest BCUT2D eigenvalue weighted by Gasteiger charge is -2.27. The van der Waals surface area contributed by atoms with Crippen LogP contribution in [0.4, 0.5) is 0 Å². The lowest BCUT2D eigenvalue weighted by Crippen LogP contribution is -2.46. The second-order valence-corrected chi connectivity index (χ2v) is 7.52. The summed E-state index contributed by atoms with van der Waals surface area (Å²) in [6.45, 7) is 8.47. The SMILES string of the molecule is CCCCCC(C)(C)c1cn(-c2cncc(OC[C@@H]3CCN3)c2)nn1. The number of hydrogen-bond donors (Lipinski definition) is 1. The van der Waals surface area contributed by atoms with Crippen LogP contribution in [-0.4, -0.2) is 39.2 Å². The summed E-state index contributed by atoms with van der Waals surface area (Å²) in [4.78, 5) is 4.28. The molecule has 0 unspecified atom stereocenters. The molecule has 3 rings (SSSR count). The molecule has 0 spiro atoms. The van der Waals surface area contributed by atoms with Gasteiger partial charge in [-0.15, -0.1) is 5.10 Å². The van der Waals surface area contributed by atoms with Gasteiger partial charge in [-0.1, -0.05) is 45.2 Å². The van der Waals surface area contributed by atoms with E-state index in [1.54, 1.807) is 17.1 Å². The zero-order valence-electron chi connectivity index (χ0n) is 15.5. The molecule has 0 aromatic carbocycles. The number of nitrogens with zero attached hydrogens (tertiary/aromatic N) is 4. The second-order valence-electron chi connectivity index (χ2n) is 7.52. The molecule has 1 aliphatic rings. The van der Waals surface area contributed by atoms with Crippen molar-refractivity contribution in [2.75, 3.05) is 13.2 Å². The number of aromatic nitrogens is 4. The largest absolute Gasteiger partial charge is 0.490 e. The number of nitrogens with one attached hydrogen (secondary N) is 1. The summed E-state index contributed by atoms with van der Waals surface area (Å²) in [5.41, 5.74) is 1.93. The highest BCUT2D eigenvalue weighted by atomic mass is 16.5. The van der Waals surface area contributed by atoms with Gasteiger partial charge in [0, 0.05) is 17.5 Å². The molecule has 0 aliphatic carbocycles. The van der Waals surface area contributed by atoms with Crippen LogP contribution in [0.25, 0.3) is 5.69 Å². The van der Waals surface area contributed by atoms with Gasteiger partial charge in [-0.25, -0.2) is 4.68 Å². The molecule has 1 atom stereocenters. The Morgan fingerprint density at radius 1 is 1.32 bits per heavy atom. The molecule has 2 aromatic heterocycles. The maximum atomic E-state index is 5.83. The Balaban J connectivity index is 1.66. The van der Waals surface area contributed by atoms with Crippen LogP contribution in [0.15, 0.2) is 24.7 Å². The Labute approximate surface area is 150 Å². The van der Waals surface area contributed by atoms with E-state index in [4.69, 9.17) is 4.74 Å². The number of pyridine rings is 1. The van der Waals surface area contributed by atoms with E-state index < -0.39 is 0 Å². The van der Waals surface area contributed by atoms with Crippen molar-refractivity contribution in [2.45, 2.75) is 64.3 Å². The van der Waals surface area contributed by atoms with Gasteiger partial charge in [-0.2, -0.15) is 0 Å². The molecule has 1 fully saturated rings. The second kappa shape index (κ2) is 7.95. The summed E-state index contributed by atoms with van der Waals surface area (Å²) in [5, 5.41) is 12.0. The molecule has 1 N–H and O–H groups in total. The van der Waals surface area contributed by atoms with Gasteiger partial charge in [0.05, 0.1) is 30.0 Å². The molecule has 6 heteroatoms. The van der Waals surface area contributed by atoms with Crippen molar-refractivity contribution in [3.05, 3.63) is 30.4 Å². The molecule has 1 aliphatic heterocycles. The van der Waals surface area contributed by atoms with Crippen molar-refractivity contribution in [3.63, 3.8) is 0 Å². The van der Waals surface area contributed by atoms with Crippen LogP contribution in [0.1, 0.15) is 58.6 Å². The first-order chi connectivity index (χ1) is 12.1. The predicted molar refractivity (Wildman–Crippen MR) is 98.2 cm³/mol. The fourth-order valence-corrected chi connectivity index (χ4v) is 2.94. The van der Waals surface area contributed by atoms with Crippen molar-refractivity contribution in [3.8, 4) is 11.4 Å². The van der Waals surface area contributed by atoms with E-state index in [0.29, 0.717) is 12.6 Å². The monoisotopic (exact) mass is 343 g/mol. The average molecular weight is 343 g/mol. The van der Waals surface area contributed by atoms with Gasteiger partial charge in [0.1, 0.15) is 12.4 Å². The zero-order valence-corrected chi connectivity index (χ0v) is 15.5. The fraction of sp³-hybridized carbons (Fsp3) is 0.632. The first kappa shape index (κ1) is 17.9. The molecule has 1 saturated heterocycles. The van der Waals surface area contributed by atoms with E-state index in [9.17, 15) is 0 Å². The maximum absolute atomic E-state index is 5.83. The highest BCUT2D eigenvalue weighted by Crippen LogP contribution is 2.28. The topological polar surface area (TPSA) is 64.9 Å². The Hall–Kier alpha value is -1.95. The van der Waals surface area contributed by atoms with Crippen LogP contribution < -0.4 is 10.1 Å². The molecule has 2 aromatic rings. The molecule has 6 nitrogen and oxygen atoms in total. The maximum Gasteiger partial charge on any atom is 0.139 e. The van der Waals surface area contributed by atoms with Gasteiger partial charge >= 0.3 is 0 Å². The van der Waals surface area contributed by atoms with Gasteiger partial charge in [-0.3, -0.25) is 4.98 Å². The minimum absolute atomic E-state index is 0.0326. The van der Waals surface area contributed by atoms with Gasteiger partial charge in [-0.05, 0) is 19.4 Å². The third-order valence-electron chi connectivity index (χ3n) is 4.93. The first-order valence-electron chi connectivity index (χ1n) is 9.33.